The van der Waals surface area contributed by atoms with Crippen molar-refractivity contribution in [3.05, 3.63) is 39.0 Å². The zero-order chi connectivity index (χ0) is 14.4. The van der Waals surface area contributed by atoms with Crippen molar-refractivity contribution in [3.63, 3.8) is 0 Å². The lowest BCUT2D eigenvalue weighted by molar-refractivity contribution is -0.134. The van der Waals surface area contributed by atoms with Crippen LogP contribution in [0.5, 0.6) is 0 Å². The van der Waals surface area contributed by atoms with Crippen molar-refractivity contribution < 1.29 is 4.79 Å². The third kappa shape index (κ3) is 2.00. The lowest BCUT2D eigenvalue weighted by atomic mass is 9.92. The molecule has 0 bridgehead atoms. The summed E-state index contributed by atoms with van der Waals surface area (Å²) in [5.41, 5.74) is -0.279. The number of rotatable bonds is 4. The fraction of sp³-hybridized carbons (Fsp3) is 0.467. The third-order valence-electron chi connectivity index (χ3n) is 4.25. The molecule has 0 spiro atoms. The number of hydrogen-bond acceptors (Lipinski definition) is 4. The minimum atomic E-state index is -0.326. The van der Waals surface area contributed by atoms with Crippen LogP contribution in [-0.4, -0.2) is 22.8 Å². The number of thiazole rings is 1. The van der Waals surface area contributed by atoms with Gasteiger partial charge in [-0.15, -0.1) is 22.7 Å². The van der Waals surface area contributed by atoms with Gasteiger partial charge in [0.2, 0.25) is 5.91 Å². The highest BCUT2D eigenvalue weighted by Gasteiger charge is 2.68. The van der Waals surface area contributed by atoms with Gasteiger partial charge in [0.25, 0.3) is 0 Å². The molecule has 5 heteroatoms. The molecule has 1 amide bonds. The zero-order valence-electron chi connectivity index (χ0n) is 11.9. The van der Waals surface area contributed by atoms with Crippen LogP contribution in [0.15, 0.2) is 29.1 Å². The first-order chi connectivity index (χ1) is 9.47. The Kier molecular flexibility index (Phi) is 3.21. The molecule has 2 heterocycles. The maximum atomic E-state index is 13.0. The number of carbonyl (C=O) groups is 1. The normalized spacial score (nSPS) is 23.6. The minimum Gasteiger partial charge on any atom is -0.338 e. The third-order valence-corrected chi connectivity index (χ3v) is 6.04. The maximum absolute atomic E-state index is 13.0. The molecule has 1 aliphatic carbocycles. The molecule has 0 N–H and O–H groups in total. The summed E-state index contributed by atoms with van der Waals surface area (Å²) in [4.78, 5) is 20.3. The van der Waals surface area contributed by atoms with E-state index >= 15 is 0 Å². The monoisotopic (exact) mass is 306 g/mol. The molecule has 1 saturated carbocycles. The molecule has 2 aromatic heterocycles. The van der Waals surface area contributed by atoms with Gasteiger partial charge in [-0.05, 0) is 23.3 Å². The van der Waals surface area contributed by atoms with Gasteiger partial charge >= 0.3 is 0 Å². The highest BCUT2D eigenvalue weighted by molar-refractivity contribution is 7.10. The van der Waals surface area contributed by atoms with E-state index in [1.54, 1.807) is 28.9 Å². The predicted molar refractivity (Wildman–Crippen MR) is 83.0 cm³/mol. The van der Waals surface area contributed by atoms with Gasteiger partial charge in [0.15, 0.2) is 0 Å². The highest BCUT2D eigenvalue weighted by atomic mass is 32.1. The van der Waals surface area contributed by atoms with Gasteiger partial charge in [0.1, 0.15) is 5.01 Å². The van der Waals surface area contributed by atoms with Gasteiger partial charge in [-0.3, -0.25) is 4.79 Å². The van der Waals surface area contributed by atoms with Gasteiger partial charge in [-0.2, -0.15) is 0 Å². The van der Waals surface area contributed by atoms with E-state index in [-0.39, 0.29) is 16.7 Å². The quantitative estimate of drug-likeness (QED) is 0.866. The number of carbonyl (C=O) groups excluding carboxylic acids is 1. The summed E-state index contributed by atoms with van der Waals surface area (Å²) >= 11 is 3.28. The van der Waals surface area contributed by atoms with Gasteiger partial charge in [-0.25, -0.2) is 4.98 Å². The van der Waals surface area contributed by atoms with Crippen molar-refractivity contribution in [1.82, 2.24) is 9.88 Å². The predicted octanol–water partition coefficient (Wildman–Crippen LogP) is 3.53. The molecule has 1 aliphatic rings. The van der Waals surface area contributed by atoms with Crippen molar-refractivity contribution in [2.24, 2.45) is 5.41 Å². The van der Waals surface area contributed by atoms with E-state index in [1.807, 2.05) is 23.4 Å². The molecule has 20 heavy (non-hydrogen) atoms. The Morgan fingerprint density at radius 2 is 2.15 bits per heavy atom. The Hall–Kier alpha value is -1.20. The fourth-order valence-corrected chi connectivity index (χ4v) is 4.73. The first kappa shape index (κ1) is 13.8. The summed E-state index contributed by atoms with van der Waals surface area (Å²) in [6, 6.07) is 4.12. The number of amides is 1. The van der Waals surface area contributed by atoms with E-state index in [4.69, 9.17) is 0 Å². The summed E-state index contributed by atoms with van der Waals surface area (Å²) in [5.74, 6) is 0.222. The summed E-state index contributed by atoms with van der Waals surface area (Å²) in [6.07, 6.45) is 2.72. The topological polar surface area (TPSA) is 33.2 Å². The molecule has 106 valence electrons. The molecule has 0 aliphatic heterocycles. The molecule has 1 atom stereocenters. The largest absolute Gasteiger partial charge is 0.338 e. The van der Waals surface area contributed by atoms with Crippen molar-refractivity contribution in [2.45, 2.75) is 32.2 Å². The Labute approximate surface area is 127 Å². The lowest BCUT2D eigenvalue weighted by Gasteiger charge is -2.25. The smallest absolute Gasteiger partial charge is 0.234 e. The van der Waals surface area contributed by atoms with Gasteiger partial charge in [0.05, 0.1) is 12.0 Å². The molecule has 3 nitrogen and oxygen atoms in total. The average molecular weight is 306 g/mol. The minimum absolute atomic E-state index is 0.0477. The van der Waals surface area contributed by atoms with Gasteiger partial charge < -0.3 is 4.90 Å². The van der Waals surface area contributed by atoms with E-state index in [1.165, 1.54) is 4.88 Å². The first-order valence-electron chi connectivity index (χ1n) is 6.65. The summed E-state index contributed by atoms with van der Waals surface area (Å²) in [6.45, 7) is 4.96. The van der Waals surface area contributed by atoms with Crippen molar-refractivity contribution >= 4 is 28.6 Å². The summed E-state index contributed by atoms with van der Waals surface area (Å²) in [5, 5.41) is 4.99. The Balaban J connectivity index is 1.85. The molecule has 2 aromatic rings. The second-order valence-electron chi connectivity index (χ2n) is 6.03. The number of nitrogens with zero attached hydrogens (tertiary/aromatic N) is 2. The van der Waals surface area contributed by atoms with E-state index in [2.05, 4.69) is 30.3 Å². The van der Waals surface area contributed by atoms with Crippen molar-refractivity contribution in [1.29, 1.82) is 0 Å². The molecule has 0 radical (unpaired) electrons. The number of thiophene rings is 1. The van der Waals surface area contributed by atoms with Crippen LogP contribution < -0.4 is 0 Å². The van der Waals surface area contributed by atoms with Crippen LogP contribution in [0.2, 0.25) is 0 Å². The van der Waals surface area contributed by atoms with E-state index in [9.17, 15) is 4.79 Å². The molecular formula is C15H18N2OS2. The molecule has 1 fully saturated rings. The van der Waals surface area contributed by atoms with E-state index in [0.29, 0.717) is 6.54 Å². The zero-order valence-corrected chi connectivity index (χ0v) is 13.6. The Morgan fingerprint density at radius 3 is 2.65 bits per heavy atom. The number of hydrogen-bond donors (Lipinski definition) is 0. The van der Waals surface area contributed by atoms with Crippen LogP contribution in [0, 0.1) is 5.41 Å². The fourth-order valence-electron chi connectivity index (χ4n) is 2.96. The molecule has 0 aromatic carbocycles. The van der Waals surface area contributed by atoms with E-state index < -0.39 is 0 Å². The van der Waals surface area contributed by atoms with Crippen LogP contribution in [0.3, 0.4) is 0 Å². The lowest BCUT2D eigenvalue weighted by Crippen LogP contribution is -2.38. The standard InChI is InChI=1S/C15H18N2OS2/c1-14(2)10-15(14,11-5-4-7-19-11)13(18)17(3)9-12-16-6-8-20-12/h4-8H,9-10H2,1-3H3/t15-/m0/s1. The Bertz CT molecular complexity index is 604. The second-order valence-corrected chi connectivity index (χ2v) is 7.96. The van der Waals surface area contributed by atoms with Crippen LogP contribution in [0.25, 0.3) is 0 Å². The van der Waals surface area contributed by atoms with Gasteiger partial charge in [0, 0.05) is 23.5 Å². The van der Waals surface area contributed by atoms with Crippen molar-refractivity contribution in [3.8, 4) is 0 Å². The molecule has 0 saturated heterocycles. The Morgan fingerprint density at radius 1 is 1.40 bits per heavy atom. The number of aromatic nitrogens is 1. The number of likely N-dealkylation sites (N-methyl/N-ethyl adjacent to an activating group) is 1. The SMILES string of the molecule is CN(Cc1nccs1)C(=O)[C@@]1(c2cccs2)CC1(C)C. The maximum Gasteiger partial charge on any atom is 0.234 e. The van der Waals surface area contributed by atoms with Crippen LogP contribution in [0.1, 0.15) is 30.2 Å². The van der Waals surface area contributed by atoms with Gasteiger partial charge in [-0.1, -0.05) is 19.9 Å². The summed E-state index contributed by atoms with van der Waals surface area (Å²) < 4.78 is 0. The van der Waals surface area contributed by atoms with Crippen LogP contribution in [0.4, 0.5) is 0 Å². The first-order valence-corrected chi connectivity index (χ1v) is 8.41. The highest BCUT2D eigenvalue weighted by Crippen LogP contribution is 2.66. The summed E-state index contributed by atoms with van der Waals surface area (Å²) in [7, 11) is 1.88. The van der Waals surface area contributed by atoms with Crippen LogP contribution >= 0.6 is 22.7 Å². The molecule has 3 rings (SSSR count). The molecular weight excluding hydrogens is 288 g/mol. The second kappa shape index (κ2) is 4.67. The van der Waals surface area contributed by atoms with Crippen LogP contribution in [-0.2, 0) is 16.8 Å². The molecule has 0 unspecified atom stereocenters. The average Bonchev–Trinajstić information content (AvgIpc) is 2.92. The van der Waals surface area contributed by atoms with Crippen molar-refractivity contribution in [2.75, 3.05) is 7.05 Å². The van der Waals surface area contributed by atoms with E-state index in [0.717, 1.165) is 11.4 Å².